The highest BCUT2D eigenvalue weighted by Crippen LogP contribution is 2.26. The highest BCUT2D eigenvalue weighted by molar-refractivity contribution is 5.96. The van der Waals surface area contributed by atoms with E-state index >= 15 is 0 Å². The van der Waals surface area contributed by atoms with E-state index in [-0.39, 0.29) is 24.1 Å². The standard InChI is InChI=1S/C21H23FN4O3/c1-14-3-6-19(23-12-14)24-7-9-25(10-8-24)20(27)17-5-4-16(11-18(17)22)26-15(2)13-29-21(26)28/h3-6,11-12,15H,7-10,13H2,1-2H3. The van der Waals surface area contributed by atoms with E-state index in [4.69, 9.17) is 4.74 Å². The molecule has 1 atom stereocenters. The first kappa shape index (κ1) is 19.2. The average molecular weight is 398 g/mol. The second-order valence-electron chi connectivity index (χ2n) is 7.43. The van der Waals surface area contributed by atoms with Crippen molar-refractivity contribution in [1.82, 2.24) is 9.88 Å². The predicted molar refractivity (Wildman–Crippen MR) is 107 cm³/mol. The Morgan fingerprint density at radius 1 is 1.17 bits per heavy atom. The van der Waals surface area contributed by atoms with Crippen LogP contribution in [0.4, 0.5) is 20.7 Å². The number of anilines is 2. The number of cyclic esters (lactones) is 1. The number of hydrogen-bond acceptors (Lipinski definition) is 5. The van der Waals surface area contributed by atoms with Crippen LogP contribution in [0.3, 0.4) is 0 Å². The lowest BCUT2D eigenvalue weighted by molar-refractivity contribution is 0.0742. The van der Waals surface area contributed by atoms with Crippen LogP contribution in [0.1, 0.15) is 22.8 Å². The van der Waals surface area contributed by atoms with E-state index in [1.807, 2.05) is 32.2 Å². The maximum Gasteiger partial charge on any atom is 0.414 e. The fourth-order valence-electron chi connectivity index (χ4n) is 3.66. The van der Waals surface area contributed by atoms with Crippen molar-refractivity contribution in [3.05, 3.63) is 53.5 Å². The number of carbonyl (C=O) groups is 2. The second kappa shape index (κ2) is 7.69. The third-order valence-electron chi connectivity index (χ3n) is 5.33. The largest absolute Gasteiger partial charge is 0.447 e. The van der Waals surface area contributed by atoms with Gasteiger partial charge in [0, 0.05) is 32.4 Å². The number of nitrogens with zero attached hydrogens (tertiary/aromatic N) is 4. The Bertz CT molecular complexity index is 926. The summed E-state index contributed by atoms with van der Waals surface area (Å²) in [4.78, 5) is 34.2. The molecule has 4 rings (SSSR count). The predicted octanol–water partition coefficient (Wildman–Crippen LogP) is 2.84. The van der Waals surface area contributed by atoms with Crippen LogP contribution in [0.5, 0.6) is 0 Å². The van der Waals surface area contributed by atoms with Gasteiger partial charge >= 0.3 is 6.09 Å². The van der Waals surface area contributed by atoms with E-state index < -0.39 is 11.9 Å². The number of piperazine rings is 1. The van der Waals surface area contributed by atoms with Crippen LogP contribution in [-0.2, 0) is 4.74 Å². The number of amides is 2. The Hall–Kier alpha value is -3.16. The quantitative estimate of drug-likeness (QED) is 0.796. The lowest BCUT2D eigenvalue weighted by Crippen LogP contribution is -2.49. The van der Waals surface area contributed by atoms with Gasteiger partial charge < -0.3 is 14.5 Å². The third kappa shape index (κ3) is 3.74. The molecule has 0 saturated carbocycles. The Morgan fingerprint density at radius 3 is 2.52 bits per heavy atom. The number of carbonyl (C=O) groups excluding carboxylic acids is 2. The summed E-state index contributed by atoms with van der Waals surface area (Å²) in [6, 6.07) is 8.06. The Kier molecular flexibility index (Phi) is 5.08. The van der Waals surface area contributed by atoms with Crippen molar-refractivity contribution in [1.29, 1.82) is 0 Å². The van der Waals surface area contributed by atoms with Crippen molar-refractivity contribution in [2.24, 2.45) is 0 Å². The molecule has 0 spiro atoms. The molecule has 0 N–H and O–H groups in total. The van der Waals surface area contributed by atoms with Crippen molar-refractivity contribution in [3.63, 3.8) is 0 Å². The minimum atomic E-state index is -0.637. The van der Waals surface area contributed by atoms with Crippen molar-refractivity contribution in [3.8, 4) is 0 Å². The maximum absolute atomic E-state index is 14.7. The van der Waals surface area contributed by atoms with Gasteiger partial charge in [-0.2, -0.15) is 0 Å². The molecule has 2 aliphatic rings. The van der Waals surface area contributed by atoms with Gasteiger partial charge in [0.25, 0.3) is 5.91 Å². The molecule has 2 saturated heterocycles. The molecule has 0 radical (unpaired) electrons. The van der Waals surface area contributed by atoms with E-state index in [9.17, 15) is 14.0 Å². The van der Waals surface area contributed by atoms with Gasteiger partial charge in [0.15, 0.2) is 0 Å². The van der Waals surface area contributed by atoms with E-state index in [1.54, 1.807) is 11.0 Å². The SMILES string of the molecule is Cc1ccc(N2CCN(C(=O)c3ccc(N4C(=O)OCC4C)cc3F)CC2)nc1. The number of rotatable bonds is 3. The molecule has 1 aromatic carbocycles. The highest BCUT2D eigenvalue weighted by Gasteiger charge is 2.32. The summed E-state index contributed by atoms with van der Waals surface area (Å²) in [5.74, 6) is -0.102. The first-order valence-electron chi connectivity index (χ1n) is 9.66. The van der Waals surface area contributed by atoms with Gasteiger partial charge in [0.2, 0.25) is 0 Å². The van der Waals surface area contributed by atoms with Gasteiger partial charge in [-0.05, 0) is 43.7 Å². The molecule has 2 aromatic rings. The fraction of sp³-hybridized carbons (Fsp3) is 0.381. The van der Waals surface area contributed by atoms with Crippen molar-refractivity contribution in [2.75, 3.05) is 42.6 Å². The van der Waals surface area contributed by atoms with Crippen molar-refractivity contribution >= 4 is 23.5 Å². The highest BCUT2D eigenvalue weighted by atomic mass is 19.1. The monoisotopic (exact) mass is 398 g/mol. The molecular weight excluding hydrogens is 375 g/mol. The van der Waals surface area contributed by atoms with Gasteiger partial charge in [0.1, 0.15) is 18.2 Å². The summed E-state index contributed by atoms with van der Waals surface area (Å²) in [5.41, 5.74) is 1.50. The minimum Gasteiger partial charge on any atom is -0.447 e. The van der Waals surface area contributed by atoms with E-state index in [0.29, 0.717) is 31.9 Å². The van der Waals surface area contributed by atoms with Crippen LogP contribution in [-0.4, -0.2) is 60.7 Å². The Labute approximate surface area is 168 Å². The molecule has 2 fully saturated rings. The molecular formula is C21H23FN4O3. The summed E-state index contributed by atoms with van der Waals surface area (Å²) in [7, 11) is 0. The first-order chi connectivity index (χ1) is 13.9. The first-order valence-corrected chi connectivity index (χ1v) is 9.66. The maximum atomic E-state index is 14.7. The van der Waals surface area contributed by atoms with Crippen LogP contribution in [0, 0.1) is 12.7 Å². The van der Waals surface area contributed by atoms with Gasteiger partial charge in [0.05, 0.1) is 17.3 Å². The molecule has 8 heteroatoms. The topological polar surface area (TPSA) is 66.0 Å². The second-order valence-corrected chi connectivity index (χ2v) is 7.43. The van der Waals surface area contributed by atoms with Crippen LogP contribution in [0.15, 0.2) is 36.5 Å². The molecule has 0 aliphatic carbocycles. The van der Waals surface area contributed by atoms with E-state index in [2.05, 4.69) is 9.88 Å². The Morgan fingerprint density at radius 2 is 1.93 bits per heavy atom. The summed E-state index contributed by atoms with van der Waals surface area (Å²) < 4.78 is 19.7. The van der Waals surface area contributed by atoms with Crippen LogP contribution in [0.25, 0.3) is 0 Å². The zero-order chi connectivity index (χ0) is 20.5. The molecule has 0 bridgehead atoms. The summed E-state index contributed by atoms with van der Waals surface area (Å²) in [6.45, 7) is 6.33. The fourth-order valence-corrected chi connectivity index (χ4v) is 3.66. The number of aryl methyl sites for hydroxylation is 1. The molecule has 1 aromatic heterocycles. The molecule has 152 valence electrons. The summed E-state index contributed by atoms with van der Waals surface area (Å²) in [6.07, 6.45) is 1.32. The Balaban J connectivity index is 1.43. The van der Waals surface area contributed by atoms with E-state index in [1.165, 1.54) is 17.0 Å². The third-order valence-corrected chi connectivity index (χ3v) is 5.33. The molecule has 7 nitrogen and oxygen atoms in total. The van der Waals surface area contributed by atoms with E-state index in [0.717, 1.165) is 11.4 Å². The molecule has 3 heterocycles. The zero-order valence-electron chi connectivity index (χ0n) is 16.5. The number of benzene rings is 1. The van der Waals surface area contributed by atoms with Crippen molar-refractivity contribution in [2.45, 2.75) is 19.9 Å². The summed E-state index contributed by atoms with van der Waals surface area (Å²) >= 11 is 0. The molecule has 29 heavy (non-hydrogen) atoms. The van der Waals surface area contributed by atoms with Gasteiger partial charge in [-0.1, -0.05) is 6.07 Å². The smallest absolute Gasteiger partial charge is 0.414 e. The van der Waals surface area contributed by atoms with Crippen LogP contribution in [0.2, 0.25) is 0 Å². The number of pyridine rings is 1. The number of ether oxygens (including phenoxy) is 1. The molecule has 2 amide bonds. The number of hydrogen-bond donors (Lipinski definition) is 0. The van der Waals surface area contributed by atoms with Gasteiger partial charge in [-0.3, -0.25) is 9.69 Å². The molecule has 1 unspecified atom stereocenters. The van der Waals surface area contributed by atoms with Crippen LogP contribution >= 0.6 is 0 Å². The lowest BCUT2D eigenvalue weighted by atomic mass is 10.1. The van der Waals surface area contributed by atoms with Crippen molar-refractivity contribution < 1.29 is 18.7 Å². The average Bonchev–Trinajstić information content (AvgIpc) is 3.06. The van der Waals surface area contributed by atoms with Crippen LogP contribution < -0.4 is 9.80 Å². The molecule has 2 aliphatic heterocycles. The van der Waals surface area contributed by atoms with Gasteiger partial charge in [-0.15, -0.1) is 0 Å². The van der Waals surface area contributed by atoms with Gasteiger partial charge in [-0.25, -0.2) is 14.2 Å². The normalized spacial score (nSPS) is 19.5. The lowest BCUT2D eigenvalue weighted by Gasteiger charge is -2.35. The minimum absolute atomic E-state index is 0.0101. The number of halogens is 1. The zero-order valence-corrected chi connectivity index (χ0v) is 16.5. The summed E-state index contributed by atoms with van der Waals surface area (Å²) in [5, 5.41) is 0. The number of aromatic nitrogens is 1.